The Kier molecular flexibility index (Phi) is 4.98. The molecule has 1 rings (SSSR count). The highest BCUT2D eigenvalue weighted by Gasteiger charge is 2.13. The van der Waals surface area contributed by atoms with Crippen LogP contribution in [0, 0.1) is 11.3 Å². The number of benzene rings is 1. The van der Waals surface area contributed by atoms with Crippen LogP contribution in [0.25, 0.3) is 0 Å². The first-order valence-electron chi connectivity index (χ1n) is 5.62. The van der Waals surface area contributed by atoms with Gasteiger partial charge in [-0.15, -0.1) is 0 Å². The number of halogens is 1. The predicted octanol–water partition coefficient (Wildman–Crippen LogP) is 3.21. The van der Waals surface area contributed by atoms with Gasteiger partial charge in [0.15, 0.2) is 0 Å². The van der Waals surface area contributed by atoms with Gasteiger partial charge in [-0.2, -0.15) is 5.26 Å². The molecule has 17 heavy (non-hydrogen) atoms. The molecule has 1 aromatic rings. The van der Waals surface area contributed by atoms with Crippen LogP contribution in [0.3, 0.4) is 0 Å². The van der Waals surface area contributed by atoms with Crippen LogP contribution in [-0.4, -0.2) is 13.1 Å². The molecular formula is C13H18BrN3. The average Bonchev–Trinajstić information content (AvgIpc) is 2.28. The van der Waals surface area contributed by atoms with Crippen molar-refractivity contribution in [1.29, 1.82) is 5.26 Å². The summed E-state index contributed by atoms with van der Waals surface area (Å²) in [6.45, 7) is 4.00. The summed E-state index contributed by atoms with van der Waals surface area (Å²) >= 11 is 3.56. The van der Waals surface area contributed by atoms with Gasteiger partial charge in [0.2, 0.25) is 0 Å². The van der Waals surface area contributed by atoms with Gasteiger partial charge in [0.1, 0.15) is 0 Å². The lowest BCUT2D eigenvalue weighted by molar-refractivity contribution is 0.701. The maximum absolute atomic E-state index is 8.71. The number of anilines is 1. The molecule has 0 saturated carbocycles. The van der Waals surface area contributed by atoms with E-state index in [1.807, 2.05) is 39.1 Å². The molecule has 92 valence electrons. The molecule has 0 saturated heterocycles. The van der Waals surface area contributed by atoms with Crippen molar-refractivity contribution in [2.75, 3.05) is 11.9 Å². The van der Waals surface area contributed by atoms with Crippen molar-refractivity contribution in [3.8, 4) is 6.07 Å². The Morgan fingerprint density at radius 1 is 1.47 bits per heavy atom. The second kappa shape index (κ2) is 6.04. The first-order valence-corrected chi connectivity index (χ1v) is 6.41. The Balaban J connectivity index is 2.96. The first-order chi connectivity index (χ1) is 7.97. The van der Waals surface area contributed by atoms with Gasteiger partial charge in [-0.3, -0.25) is 0 Å². The molecule has 0 radical (unpaired) electrons. The summed E-state index contributed by atoms with van der Waals surface area (Å²) in [7, 11) is 1.99. The minimum Gasteiger partial charge on any atom is -0.370 e. The zero-order valence-corrected chi connectivity index (χ0v) is 12.0. The highest BCUT2D eigenvalue weighted by atomic mass is 79.9. The van der Waals surface area contributed by atoms with Gasteiger partial charge >= 0.3 is 0 Å². The lowest BCUT2D eigenvalue weighted by Gasteiger charge is -2.26. The Labute approximate surface area is 111 Å². The van der Waals surface area contributed by atoms with Gasteiger partial charge in [0.25, 0.3) is 0 Å². The molecule has 0 bridgehead atoms. The molecule has 0 fully saturated rings. The van der Waals surface area contributed by atoms with E-state index in [2.05, 4.69) is 26.9 Å². The molecule has 1 aromatic carbocycles. The molecule has 0 aromatic heterocycles. The van der Waals surface area contributed by atoms with Gasteiger partial charge in [0, 0.05) is 23.6 Å². The van der Waals surface area contributed by atoms with Crippen LogP contribution in [0.1, 0.15) is 31.9 Å². The van der Waals surface area contributed by atoms with Crippen molar-refractivity contribution in [3.05, 3.63) is 28.2 Å². The summed E-state index contributed by atoms with van der Waals surface area (Å²) in [6.07, 6.45) is 0.512. The van der Waals surface area contributed by atoms with E-state index < -0.39 is 0 Å². The number of hydrogen-bond acceptors (Lipinski definition) is 3. The van der Waals surface area contributed by atoms with E-state index in [9.17, 15) is 0 Å². The third-order valence-electron chi connectivity index (χ3n) is 2.93. The van der Waals surface area contributed by atoms with Crippen LogP contribution >= 0.6 is 15.9 Å². The minimum absolute atomic E-state index is 0.0298. The van der Waals surface area contributed by atoms with E-state index in [0.717, 1.165) is 15.7 Å². The molecule has 0 amide bonds. The van der Waals surface area contributed by atoms with Crippen LogP contribution in [0.2, 0.25) is 0 Å². The fraction of sp³-hybridized carbons (Fsp3) is 0.462. The fourth-order valence-electron chi connectivity index (χ4n) is 1.60. The van der Waals surface area contributed by atoms with E-state index in [1.54, 1.807) is 0 Å². The zero-order valence-electron chi connectivity index (χ0n) is 10.4. The number of nitriles is 1. The van der Waals surface area contributed by atoms with E-state index >= 15 is 0 Å². The molecule has 0 spiro atoms. The van der Waals surface area contributed by atoms with Crippen LogP contribution in [0.5, 0.6) is 0 Å². The lowest BCUT2D eigenvalue weighted by atomic mass is 10.1. The SMILES string of the molecule is CC(CC#N)N(C)c1ccc([C@@H](C)N)cc1Br. The molecule has 0 aliphatic carbocycles. The monoisotopic (exact) mass is 295 g/mol. The van der Waals surface area contributed by atoms with Crippen molar-refractivity contribution in [1.82, 2.24) is 0 Å². The third-order valence-corrected chi connectivity index (χ3v) is 3.56. The average molecular weight is 296 g/mol. The number of rotatable bonds is 4. The second-order valence-electron chi connectivity index (χ2n) is 4.32. The fourth-order valence-corrected chi connectivity index (χ4v) is 2.28. The van der Waals surface area contributed by atoms with Gasteiger partial charge < -0.3 is 10.6 Å². The molecule has 2 atom stereocenters. The van der Waals surface area contributed by atoms with E-state index in [1.165, 1.54) is 0 Å². The van der Waals surface area contributed by atoms with Crippen molar-refractivity contribution in [2.45, 2.75) is 32.4 Å². The smallest absolute Gasteiger partial charge is 0.0643 e. The molecule has 2 N–H and O–H groups in total. The van der Waals surface area contributed by atoms with E-state index in [4.69, 9.17) is 11.0 Å². The Bertz CT molecular complexity index is 423. The normalized spacial score (nSPS) is 13.9. The van der Waals surface area contributed by atoms with E-state index in [-0.39, 0.29) is 12.1 Å². The highest BCUT2D eigenvalue weighted by Crippen LogP contribution is 2.29. The summed E-state index contributed by atoms with van der Waals surface area (Å²) in [5.74, 6) is 0. The quantitative estimate of drug-likeness (QED) is 0.928. The number of hydrogen-bond donors (Lipinski definition) is 1. The number of nitrogens with two attached hydrogens (primary N) is 1. The lowest BCUT2D eigenvalue weighted by Crippen LogP contribution is -2.28. The van der Waals surface area contributed by atoms with Gasteiger partial charge in [-0.1, -0.05) is 6.07 Å². The molecule has 1 unspecified atom stereocenters. The van der Waals surface area contributed by atoms with Crippen LogP contribution in [0.4, 0.5) is 5.69 Å². The molecule has 0 aliphatic heterocycles. The van der Waals surface area contributed by atoms with Crippen molar-refractivity contribution >= 4 is 21.6 Å². The first kappa shape index (κ1) is 14.0. The largest absolute Gasteiger partial charge is 0.370 e. The van der Waals surface area contributed by atoms with Crippen molar-refractivity contribution < 1.29 is 0 Å². The van der Waals surface area contributed by atoms with Gasteiger partial charge in [-0.05, 0) is 47.5 Å². The highest BCUT2D eigenvalue weighted by molar-refractivity contribution is 9.10. The summed E-state index contributed by atoms with van der Waals surface area (Å²) < 4.78 is 1.01. The third kappa shape index (κ3) is 3.45. The predicted molar refractivity (Wildman–Crippen MR) is 74.8 cm³/mol. The molecule has 3 nitrogen and oxygen atoms in total. The standard InChI is InChI=1S/C13H18BrN3/c1-9(6-7-15)17(3)13-5-4-11(10(2)16)8-12(13)14/h4-5,8-10H,6,16H2,1-3H3/t9?,10-/m1/s1. The molecule has 0 heterocycles. The molecule has 4 heteroatoms. The molecule has 0 aliphatic rings. The van der Waals surface area contributed by atoms with Gasteiger partial charge in [-0.25, -0.2) is 0 Å². The number of nitrogens with zero attached hydrogens (tertiary/aromatic N) is 2. The maximum Gasteiger partial charge on any atom is 0.0643 e. The van der Waals surface area contributed by atoms with Gasteiger partial charge in [0.05, 0.1) is 18.2 Å². The zero-order chi connectivity index (χ0) is 13.0. The van der Waals surface area contributed by atoms with Crippen LogP contribution < -0.4 is 10.6 Å². The summed E-state index contributed by atoms with van der Waals surface area (Å²) in [5, 5.41) is 8.71. The molecular weight excluding hydrogens is 278 g/mol. The summed E-state index contributed by atoms with van der Waals surface area (Å²) in [4.78, 5) is 2.10. The maximum atomic E-state index is 8.71. The Morgan fingerprint density at radius 2 is 2.12 bits per heavy atom. The van der Waals surface area contributed by atoms with Crippen molar-refractivity contribution in [2.24, 2.45) is 5.73 Å². The summed E-state index contributed by atoms with van der Waals surface area (Å²) in [5.41, 5.74) is 8.02. The topological polar surface area (TPSA) is 53.0 Å². The second-order valence-corrected chi connectivity index (χ2v) is 5.18. The van der Waals surface area contributed by atoms with E-state index in [0.29, 0.717) is 6.42 Å². The van der Waals surface area contributed by atoms with Crippen molar-refractivity contribution in [3.63, 3.8) is 0 Å². The van der Waals surface area contributed by atoms with Crippen LogP contribution in [0.15, 0.2) is 22.7 Å². The Morgan fingerprint density at radius 3 is 2.59 bits per heavy atom. The summed E-state index contributed by atoms with van der Waals surface area (Å²) in [6, 6.07) is 8.52. The Hall–Kier alpha value is -1.05. The minimum atomic E-state index is 0.0298. The van der Waals surface area contributed by atoms with Crippen LogP contribution in [-0.2, 0) is 0 Å².